The lowest BCUT2D eigenvalue weighted by Crippen LogP contribution is -2.43. The van der Waals surface area contributed by atoms with Gasteiger partial charge in [0.2, 0.25) is 0 Å². The molecular formula is C23H33N3O2S. The third kappa shape index (κ3) is 6.32. The summed E-state index contributed by atoms with van der Waals surface area (Å²) in [6.45, 7) is 12.4. The quantitative estimate of drug-likeness (QED) is 0.534. The van der Waals surface area contributed by atoms with Crippen molar-refractivity contribution in [3.8, 4) is 0 Å². The summed E-state index contributed by atoms with van der Waals surface area (Å²) >= 11 is 0. The van der Waals surface area contributed by atoms with E-state index in [0.717, 1.165) is 30.2 Å². The first kappa shape index (κ1) is 22.9. The van der Waals surface area contributed by atoms with Gasteiger partial charge in [0.1, 0.15) is 0 Å². The number of nitrogens with zero attached hydrogens (tertiary/aromatic N) is 1. The minimum atomic E-state index is -3.21. The molecular weight excluding hydrogens is 382 g/mol. The lowest BCUT2D eigenvalue weighted by molar-refractivity contribution is 0.506. The summed E-state index contributed by atoms with van der Waals surface area (Å²) in [5.41, 5.74) is 4.28. The van der Waals surface area contributed by atoms with Gasteiger partial charge >= 0.3 is 0 Å². The Morgan fingerprint density at radius 1 is 1.03 bits per heavy atom. The maximum absolute atomic E-state index is 11.8. The Hall–Kier alpha value is -2.34. The topological polar surface area (TPSA) is 70.6 Å². The second-order valence-electron chi connectivity index (χ2n) is 8.12. The third-order valence-electron chi connectivity index (χ3n) is 4.97. The van der Waals surface area contributed by atoms with Gasteiger partial charge in [0.25, 0.3) is 0 Å². The van der Waals surface area contributed by atoms with Crippen LogP contribution in [0.5, 0.6) is 0 Å². The van der Waals surface area contributed by atoms with Crippen LogP contribution in [0.3, 0.4) is 0 Å². The number of aliphatic imine (C=N–C) groups is 1. The Balaban J connectivity index is 2.12. The highest BCUT2D eigenvalue weighted by Crippen LogP contribution is 2.25. The van der Waals surface area contributed by atoms with E-state index in [2.05, 4.69) is 60.7 Å². The smallest absolute Gasteiger partial charge is 0.191 e. The van der Waals surface area contributed by atoms with E-state index in [-0.39, 0.29) is 5.41 Å². The average molecular weight is 416 g/mol. The van der Waals surface area contributed by atoms with Gasteiger partial charge in [-0.2, -0.15) is 0 Å². The molecule has 2 aromatic rings. The average Bonchev–Trinajstić information content (AvgIpc) is 2.63. The number of benzene rings is 2. The number of nitrogens with one attached hydrogen (secondary N) is 2. The van der Waals surface area contributed by atoms with Crippen LogP contribution < -0.4 is 10.6 Å². The van der Waals surface area contributed by atoms with Crippen LogP contribution in [0.4, 0.5) is 0 Å². The van der Waals surface area contributed by atoms with Crippen LogP contribution in [-0.4, -0.2) is 33.7 Å². The van der Waals surface area contributed by atoms with Gasteiger partial charge in [-0.05, 0) is 49.1 Å². The number of guanidine groups is 1. The maximum atomic E-state index is 11.8. The van der Waals surface area contributed by atoms with Crippen molar-refractivity contribution in [2.75, 3.05) is 19.3 Å². The fourth-order valence-electron chi connectivity index (χ4n) is 3.47. The first-order valence-electron chi connectivity index (χ1n) is 9.92. The van der Waals surface area contributed by atoms with E-state index in [9.17, 15) is 8.42 Å². The molecule has 0 atom stereocenters. The minimum Gasteiger partial charge on any atom is -0.357 e. The Labute approximate surface area is 175 Å². The molecule has 5 nitrogen and oxygen atoms in total. The number of sulfone groups is 1. The molecule has 0 spiro atoms. The van der Waals surface area contributed by atoms with Crippen molar-refractivity contribution < 1.29 is 8.42 Å². The lowest BCUT2D eigenvalue weighted by atomic mass is 9.82. The van der Waals surface area contributed by atoms with E-state index < -0.39 is 9.84 Å². The van der Waals surface area contributed by atoms with Crippen LogP contribution in [0.15, 0.2) is 52.4 Å². The van der Waals surface area contributed by atoms with Crippen molar-refractivity contribution >= 4 is 15.8 Å². The van der Waals surface area contributed by atoms with E-state index in [1.807, 2.05) is 26.0 Å². The molecule has 0 bridgehead atoms. The molecule has 0 heterocycles. The molecule has 6 heteroatoms. The Kier molecular flexibility index (Phi) is 7.47. The molecule has 0 aliphatic heterocycles. The van der Waals surface area contributed by atoms with Crippen LogP contribution in [-0.2, 0) is 21.8 Å². The molecule has 158 valence electrons. The molecule has 0 radical (unpaired) electrons. The van der Waals surface area contributed by atoms with Gasteiger partial charge < -0.3 is 10.6 Å². The van der Waals surface area contributed by atoms with Crippen LogP contribution in [0.25, 0.3) is 0 Å². The molecule has 0 aliphatic carbocycles. The highest BCUT2D eigenvalue weighted by Gasteiger charge is 2.22. The molecule has 2 rings (SSSR count). The van der Waals surface area contributed by atoms with Gasteiger partial charge in [0.15, 0.2) is 15.8 Å². The van der Waals surface area contributed by atoms with Gasteiger partial charge in [0.05, 0.1) is 11.4 Å². The molecule has 0 saturated carbocycles. The summed E-state index contributed by atoms with van der Waals surface area (Å²) in [6.07, 6.45) is 1.23. The predicted molar refractivity (Wildman–Crippen MR) is 121 cm³/mol. The van der Waals surface area contributed by atoms with E-state index in [4.69, 9.17) is 0 Å². The van der Waals surface area contributed by atoms with Gasteiger partial charge in [-0.25, -0.2) is 13.4 Å². The van der Waals surface area contributed by atoms with E-state index >= 15 is 0 Å². The lowest BCUT2D eigenvalue weighted by Gasteiger charge is -2.28. The minimum absolute atomic E-state index is 0.0464. The van der Waals surface area contributed by atoms with Gasteiger partial charge in [-0.1, -0.05) is 50.2 Å². The third-order valence-corrected chi connectivity index (χ3v) is 6.23. The van der Waals surface area contributed by atoms with Crippen molar-refractivity contribution in [1.29, 1.82) is 0 Å². The monoisotopic (exact) mass is 415 g/mol. The van der Waals surface area contributed by atoms with Crippen molar-refractivity contribution in [1.82, 2.24) is 10.6 Å². The summed E-state index contributed by atoms with van der Waals surface area (Å²) in [6, 6.07) is 13.8. The Morgan fingerprint density at radius 3 is 2.31 bits per heavy atom. The fourth-order valence-corrected chi connectivity index (χ4v) is 4.43. The van der Waals surface area contributed by atoms with E-state index in [1.165, 1.54) is 17.4 Å². The summed E-state index contributed by atoms with van der Waals surface area (Å²) in [4.78, 5) is 5.05. The van der Waals surface area contributed by atoms with Crippen molar-refractivity contribution in [3.63, 3.8) is 0 Å². The van der Waals surface area contributed by atoms with Crippen LogP contribution in [0.1, 0.15) is 43.0 Å². The number of aryl methyl sites for hydroxylation is 2. The number of hydrogen-bond acceptors (Lipinski definition) is 3. The molecule has 2 aromatic carbocycles. The molecule has 0 aromatic heterocycles. The summed E-state index contributed by atoms with van der Waals surface area (Å²) in [7, 11) is -3.21. The molecule has 0 aliphatic rings. The molecule has 2 N–H and O–H groups in total. The Morgan fingerprint density at radius 2 is 1.72 bits per heavy atom. The highest BCUT2D eigenvalue weighted by atomic mass is 32.2. The maximum Gasteiger partial charge on any atom is 0.191 e. The summed E-state index contributed by atoms with van der Waals surface area (Å²) in [5, 5.41) is 6.73. The van der Waals surface area contributed by atoms with Crippen molar-refractivity contribution in [2.24, 2.45) is 4.99 Å². The second kappa shape index (κ2) is 9.44. The van der Waals surface area contributed by atoms with Gasteiger partial charge in [-0.15, -0.1) is 0 Å². The highest BCUT2D eigenvalue weighted by molar-refractivity contribution is 7.90. The van der Waals surface area contributed by atoms with E-state index in [0.29, 0.717) is 11.4 Å². The van der Waals surface area contributed by atoms with Crippen LogP contribution >= 0.6 is 0 Å². The van der Waals surface area contributed by atoms with Crippen LogP contribution in [0, 0.1) is 13.8 Å². The second-order valence-corrected chi connectivity index (χ2v) is 10.1. The molecule has 0 unspecified atom stereocenters. The van der Waals surface area contributed by atoms with Crippen LogP contribution in [0.2, 0.25) is 0 Å². The van der Waals surface area contributed by atoms with Gasteiger partial charge in [0, 0.05) is 24.8 Å². The van der Waals surface area contributed by atoms with Gasteiger partial charge in [-0.3, -0.25) is 0 Å². The number of hydrogen-bond donors (Lipinski definition) is 2. The summed E-state index contributed by atoms with van der Waals surface area (Å²) < 4.78 is 23.6. The zero-order valence-corrected chi connectivity index (χ0v) is 19.2. The first-order valence-corrected chi connectivity index (χ1v) is 11.8. The number of rotatable bonds is 7. The molecule has 0 fully saturated rings. The fraction of sp³-hybridized carbons (Fsp3) is 0.435. The standard InChI is InChI=1S/C23H33N3O2S/c1-7-24-22(26-16-23(4,5)20-11-9-8-10-17(20)2)25-15-19-12-13-21(18(3)14-19)29(6,27)28/h8-14H,7,15-16H2,1-6H3,(H2,24,25,26). The summed E-state index contributed by atoms with van der Waals surface area (Å²) in [5.74, 6) is 0.749. The zero-order valence-electron chi connectivity index (χ0n) is 18.3. The van der Waals surface area contributed by atoms with E-state index in [1.54, 1.807) is 6.07 Å². The Bertz CT molecular complexity index is 979. The van der Waals surface area contributed by atoms with Crippen molar-refractivity contribution in [3.05, 3.63) is 64.7 Å². The van der Waals surface area contributed by atoms with Crippen molar-refractivity contribution in [2.45, 2.75) is 51.5 Å². The SMILES string of the molecule is CCNC(=NCc1ccc(S(C)(=O)=O)c(C)c1)NCC(C)(C)c1ccccc1C. The first-order chi connectivity index (χ1) is 13.5. The normalized spacial score (nSPS) is 12.7. The molecule has 0 amide bonds. The molecule has 0 saturated heterocycles. The predicted octanol–water partition coefficient (Wildman–Crippen LogP) is 3.74. The molecule has 29 heavy (non-hydrogen) atoms. The zero-order chi connectivity index (χ0) is 21.7. The largest absolute Gasteiger partial charge is 0.357 e.